The van der Waals surface area contributed by atoms with Crippen LogP contribution in [0.4, 0.5) is 8.78 Å². The van der Waals surface area contributed by atoms with E-state index in [1.54, 1.807) is 0 Å². The summed E-state index contributed by atoms with van der Waals surface area (Å²) in [6.07, 6.45) is 1.16. The van der Waals surface area contributed by atoms with Crippen molar-refractivity contribution in [1.82, 2.24) is 5.32 Å². The van der Waals surface area contributed by atoms with Crippen molar-refractivity contribution in [3.63, 3.8) is 0 Å². The van der Waals surface area contributed by atoms with Gasteiger partial charge in [0.1, 0.15) is 21.5 Å². The summed E-state index contributed by atoms with van der Waals surface area (Å²) in [6.45, 7) is 0.112. The van der Waals surface area contributed by atoms with Gasteiger partial charge in [0.2, 0.25) is 0 Å². The average molecular weight is 325 g/mol. The van der Waals surface area contributed by atoms with Gasteiger partial charge in [-0.3, -0.25) is 0 Å². The zero-order chi connectivity index (χ0) is 16.2. The Morgan fingerprint density at radius 3 is 2.36 bits per heavy atom. The quantitative estimate of drug-likeness (QED) is 0.888. The van der Waals surface area contributed by atoms with Crippen molar-refractivity contribution in [2.45, 2.75) is 12.6 Å². The number of nitrogens with one attached hydrogen (secondary N) is 1. The van der Waals surface area contributed by atoms with Gasteiger partial charge in [0, 0.05) is 30.5 Å². The van der Waals surface area contributed by atoms with Crippen LogP contribution in [-0.4, -0.2) is 20.4 Å². The Morgan fingerprint density at radius 1 is 1.09 bits per heavy atom. The highest BCUT2D eigenvalue weighted by atomic mass is 32.2. The van der Waals surface area contributed by atoms with Crippen LogP contribution in [0.15, 0.2) is 48.5 Å². The molecule has 0 heterocycles. The molecule has 118 valence electrons. The third-order valence-electron chi connectivity index (χ3n) is 3.23. The Labute approximate surface area is 128 Å². The summed E-state index contributed by atoms with van der Waals surface area (Å²) in [4.78, 5) is 0. The van der Waals surface area contributed by atoms with Gasteiger partial charge in [-0.25, -0.2) is 17.2 Å². The van der Waals surface area contributed by atoms with Gasteiger partial charge in [-0.15, -0.1) is 0 Å². The molecular formula is C16H17F2NO2S. The molecule has 2 rings (SSSR count). The molecule has 0 spiro atoms. The van der Waals surface area contributed by atoms with Gasteiger partial charge in [-0.2, -0.15) is 0 Å². The van der Waals surface area contributed by atoms with Crippen LogP contribution in [-0.2, 0) is 16.4 Å². The van der Waals surface area contributed by atoms with Gasteiger partial charge in [0.25, 0.3) is 0 Å². The van der Waals surface area contributed by atoms with Crippen molar-refractivity contribution < 1.29 is 17.2 Å². The van der Waals surface area contributed by atoms with E-state index in [4.69, 9.17) is 0 Å². The summed E-state index contributed by atoms with van der Waals surface area (Å²) in [5.74, 6) is -1.39. The topological polar surface area (TPSA) is 46.2 Å². The minimum atomic E-state index is -3.21. The van der Waals surface area contributed by atoms with Crippen LogP contribution in [0.3, 0.4) is 0 Å². The van der Waals surface area contributed by atoms with E-state index in [0.717, 1.165) is 17.9 Å². The fraction of sp³-hybridized carbons (Fsp3) is 0.250. The maximum atomic E-state index is 13.6. The zero-order valence-corrected chi connectivity index (χ0v) is 12.9. The van der Waals surface area contributed by atoms with Gasteiger partial charge in [0.05, 0.1) is 5.75 Å². The van der Waals surface area contributed by atoms with Crippen LogP contribution in [0, 0.1) is 11.6 Å². The molecule has 0 aliphatic rings. The van der Waals surface area contributed by atoms with Gasteiger partial charge < -0.3 is 5.32 Å². The molecule has 1 unspecified atom stereocenters. The molecule has 0 bridgehead atoms. The molecule has 2 aromatic carbocycles. The molecule has 6 heteroatoms. The molecule has 0 saturated heterocycles. The SMILES string of the molecule is CS(=O)(=O)CC(NCc1ccc(F)cc1F)c1ccccc1. The summed E-state index contributed by atoms with van der Waals surface area (Å²) in [6, 6.07) is 11.9. The van der Waals surface area contributed by atoms with E-state index in [9.17, 15) is 17.2 Å². The summed E-state index contributed by atoms with van der Waals surface area (Å²) in [7, 11) is -3.21. The molecular weight excluding hydrogens is 308 g/mol. The smallest absolute Gasteiger partial charge is 0.149 e. The highest BCUT2D eigenvalue weighted by Gasteiger charge is 2.17. The normalized spacial score (nSPS) is 13.0. The fourth-order valence-corrected chi connectivity index (χ4v) is 3.08. The molecule has 0 fully saturated rings. The number of hydrogen-bond donors (Lipinski definition) is 1. The minimum Gasteiger partial charge on any atom is -0.305 e. The lowest BCUT2D eigenvalue weighted by Crippen LogP contribution is -2.27. The monoisotopic (exact) mass is 325 g/mol. The number of hydrogen-bond acceptors (Lipinski definition) is 3. The van der Waals surface area contributed by atoms with E-state index in [1.165, 1.54) is 12.1 Å². The molecule has 2 aromatic rings. The van der Waals surface area contributed by atoms with Gasteiger partial charge in [0.15, 0.2) is 0 Å². The molecule has 0 aliphatic heterocycles. The van der Waals surface area contributed by atoms with E-state index in [1.807, 2.05) is 30.3 Å². The molecule has 1 atom stereocenters. The van der Waals surface area contributed by atoms with E-state index >= 15 is 0 Å². The van der Waals surface area contributed by atoms with Crippen molar-refractivity contribution in [2.24, 2.45) is 0 Å². The Hall–Kier alpha value is -1.79. The Morgan fingerprint density at radius 2 is 1.77 bits per heavy atom. The first-order valence-corrected chi connectivity index (χ1v) is 8.81. The van der Waals surface area contributed by atoms with E-state index in [0.29, 0.717) is 0 Å². The van der Waals surface area contributed by atoms with E-state index in [-0.39, 0.29) is 17.9 Å². The Balaban J connectivity index is 2.16. The maximum absolute atomic E-state index is 13.6. The van der Waals surface area contributed by atoms with Crippen molar-refractivity contribution in [3.8, 4) is 0 Å². The molecule has 0 radical (unpaired) electrons. The highest BCUT2D eigenvalue weighted by Crippen LogP contribution is 2.17. The highest BCUT2D eigenvalue weighted by molar-refractivity contribution is 7.90. The average Bonchev–Trinajstić information content (AvgIpc) is 2.45. The van der Waals surface area contributed by atoms with Crippen molar-refractivity contribution in [1.29, 1.82) is 0 Å². The lowest BCUT2D eigenvalue weighted by Gasteiger charge is -2.18. The second-order valence-electron chi connectivity index (χ2n) is 5.17. The van der Waals surface area contributed by atoms with Crippen molar-refractivity contribution in [3.05, 3.63) is 71.3 Å². The summed E-state index contributed by atoms with van der Waals surface area (Å²) in [5, 5.41) is 3.03. The van der Waals surface area contributed by atoms with Crippen LogP contribution in [0.2, 0.25) is 0 Å². The molecule has 0 saturated carbocycles. The predicted molar refractivity (Wildman–Crippen MR) is 82.1 cm³/mol. The third-order valence-corrected chi connectivity index (χ3v) is 4.16. The van der Waals surface area contributed by atoms with E-state index in [2.05, 4.69) is 5.32 Å². The molecule has 22 heavy (non-hydrogen) atoms. The second kappa shape index (κ2) is 6.98. The largest absolute Gasteiger partial charge is 0.305 e. The zero-order valence-electron chi connectivity index (χ0n) is 12.1. The number of rotatable bonds is 6. The predicted octanol–water partition coefficient (Wildman–Crippen LogP) is 2.84. The van der Waals surface area contributed by atoms with Crippen LogP contribution in [0.5, 0.6) is 0 Å². The van der Waals surface area contributed by atoms with Gasteiger partial charge >= 0.3 is 0 Å². The molecule has 3 nitrogen and oxygen atoms in total. The number of halogens is 2. The number of benzene rings is 2. The second-order valence-corrected chi connectivity index (χ2v) is 7.36. The van der Waals surface area contributed by atoms with Crippen LogP contribution in [0.25, 0.3) is 0 Å². The van der Waals surface area contributed by atoms with Crippen LogP contribution in [0.1, 0.15) is 17.2 Å². The number of sulfone groups is 1. The molecule has 0 amide bonds. The van der Waals surface area contributed by atoms with Crippen LogP contribution >= 0.6 is 0 Å². The standard InChI is InChI=1S/C16H17F2NO2S/c1-22(20,21)11-16(12-5-3-2-4-6-12)19-10-13-7-8-14(17)9-15(13)18/h2-9,16,19H,10-11H2,1H3. The fourth-order valence-electron chi connectivity index (χ4n) is 2.16. The van der Waals surface area contributed by atoms with Gasteiger partial charge in [-0.1, -0.05) is 36.4 Å². The summed E-state index contributed by atoms with van der Waals surface area (Å²) >= 11 is 0. The minimum absolute atomic E-state index is 0.0974. The third kappa shape index (κ3) is 4.89. The maximum Gasteiger partial charge on any atom is 0.149 e. The molecule has 0 aliphatic carbocycles. The lowest BCUT2D eigenvalue weighted by atomic mass is 10.1. The first kappa shape index (κ1) is 16.6. The molecule has 1 N–H and O–H groups in total. The summed E-state index contributed by atoms with van der Waals surface area (Å²) < 4.78 is 49.7. The Kier molecular flexibility index (Phi) is 5.26. The summed E-state index contributed by atoms with van der Waals surface area (Å²) in [5.41, 5.74) is 1.09. The van der Waals surface area contributed by atoms with Gasteiger partial charge in [-0.05, 0) is 11.6 Å². The first-order valence-electron chi connectivity index (χ1n) is 6.75. The lowest BCUT2D eigenvalue weighted by molar-refractivity contribution is 0.527. The van der Waals surface area contributed by atoms with Crippen molar-refractivity contribution in [2.75, 3.05) is 12.0 Å². The van der Waals surface area contributed by atoms with Crippen LogP contribution < -0.4 is 5.32 Å². The van der Waals surface area contributed by atoms with Crippen molar-refractivity contribution >= 4 is 9.84 Å². The Bertz CT molecular complexity index is 733. The van der Waals surface area contributed by atoms with E-state index < -0.39 is 27.5 Å². The molecule has 0 aromatic heterocycles. The first-order chi connectivity index (χ1) is 10.3.